The molecule has 1 aromatic rings. The van der Waals surface area contributed by atoms with Crippen molar-refractivity contribution in [3.05, 3.63) is 23.3 Å². The largest absolute Gasteiger partial charge is 0.493 e. The maximum absolute atomic E-state index is 12.1. The van der Waals surface area contributed by atoms with Gasteiger partial charge in [0.1, 0.15) is 6.04 Å². The molecule has 2 aliphatic heterocycles. The van der Waals surface area contributed by atoms with Crippen molar-refractivity contribution in [2.24, 2.45) is 0 Å². The van der Waals surface area contributed by atoms with Crippen molar-refractivity contribution in [2.45, 2.75) is 31.3 Å². The molecule has 0 spiro atoms. The van der Waals surface area contributed by atoms with Crippen LogP contribution in [0.3, 0.4) is 0 Å². The van der Waals surface area contributed by atoms with E-state index in [0.29, 0.717) is 12.2 Å². The highest BCUT2D eigenvalue weighted by atomic mass is 16.5. The summed E-state index contributed by atoms with van der Waals surface area (Å²) >= 11 is 0. The van der Waals surface area contributed by atoms with Gasteiger partial charge in [-0.3, -0.25) is 9.69 Å². The summed E-state index contributed by atoms with van der Waals surface area (Å²) in [4.78, 5) is 14.3. The van der Waals surface area contributed by atoms with E-state index in [0.717, 1.165) is 30.7 Å². The molecule has 0 amide bonds. The highest BCUT2D eigenvalue weighted by Crippen LogP contribution is 2.44. The zero-order chi connectivity index (χ0) is 15.0. The van der Waals surface area contributed by atoms with Gasteiger partial charge in [0, 0.05) is 6.04 Å². The maximum Gasteiger partial charge on any atom is 0.323 e. The van der Waals surface area contributed by atoms with E-state index in [-0.39, 0.29) is 18.1 Å². The van der Waals surface area contributed by atoms with Gasteiger partial charge < -0.3 is 14.2 Å². The summed E-state index contributed by atoms with van der Waals surface area (Å²) < 4.78 is 15.8. The SMILES string of the molecule is COC(=O)[C@@H]1Cc2cc(OC)c(OC)cc2[C@H]2CCCN21. The number of hydrogen-bond acceptors (Lipinski definition) is 5. The normalized spacial score (nSPS) is 24.1. The number of benzene rings is 1. The first kappa shape index (κ1) is 14.2. The van der Waals surface area contributed by atoms with E-state index in [1.54, 1.807) is 14.2 Å². The highest BCUT2D eigenvalue weighted by Gasteiger charge is 2.41. The van der Waals surface area contributed by atoms with E-state index in [9.17, 15) is 4.79 Å². The van der Waals surface area contributed by atoms with Crippen molar-refractivity contribution in [2.75, 3.05) is 27.9 Å². The van der Waals surface area contributed by atoms with Crippen molar-refractivity contribution in [3.8, 4) is 11.5 Å². The second-order valence-electron chi connectivity index (χ2n) is 5.54. The van der Waals surface area contributed by atoms with Crippen LogP contribution in [0, 0.1) is 0 Å². The molecule has 2 heterocycles. The smallest absolute Gasteiger partial charge is 0.323 e. The summed E-state index contributed by atoms with van der Waals surface area (Å²) in [5, 5.41) is 0. The molecule has 2 atom stereocenters. The Morgan fingerprint density at radius 2 is 1.90 bits per heavy atom. The zero-order valence-corrected chi connectivity index (χ0v) is 12.7. The lowest BCUT2D eigenvalue weighted by Gasteiger charge is -2.37. The molecule has 0 aliphatic carbocycles. The lowest BCUT2D eigenvalue weighted by molar-refractivity contribution is -0.147. The fraction of sp³-hybridized carbons (Fsp3) is 0.562. The number of methoxy groups -OCH3 is 3. The van der Waals surface area contributed by atoms with E-state index in [1.165, 1.54) is 12.7 Å². The topological polar surface area (TPSA) is 48.0 Å². The molecule has 0 radical (unpaired) electrons. The lowest BCUT2D eigenvalue weighted by atomic mass is 9.88. The Balaban J connectivity index is 2.05. The van der Waals surface area contributed by atoms with Crippen LogP contribution in [0.25, 0.3) is 0 Å². The Labute approximate surface area is 124 Å². The number of carbonyl (C=O) groups excluding carboxylic acids is 1. The molecular formula is C16H21NO4. The van der Waals surface area contributed by atoms with Gasteiger partial charge in [-0.1, -0.05) is 0 Å². The van der Waals surface area contributed by atoms with Crippen LogP contribution in [-0.4, -0.2) is 44.8 Å². The van der Waals surface area contributed by atoms with Gasteiger partial charge in [0.05, 0.1) is 21.3 Å². The van der Waals surface area contributed by atoms with Gasteiger partial charge >= 0.3 is 5.97 Å². The van der Waals surface area contributed by atoms with Crippen molar-refractivity contribution >= 4 is 5.97 Å². The Bertz CT molecular complexity index is 557. The zero-order valence-electron chi connectivity index (χ0n) is 12.7. The maximum atomic E-state index is 12.1. The summed E-state index contributed by atoms with van der Waals surface area (Å²) in [6, 6.07) is 4.15. The fourth-order valence-electron chi connectivity index (χ4n) is 3.60. The van der Waals surface area contributed by atoms with Crippen LogP contribution in [-0.2, 0) is 16.0 Å². The average Bonchev–Trinajstić information content (AvgIpc) is 3.01. The van der Waals surface area contributed by atoms with Crippen LogP contribution in [0.15, 0.2) is 12.1 Å². The minimum atomic E-state index is -0.187. The molecule has 0 saturated carbocycles. The molecular weight excluding hydrogens is 270 g/mol. The predicted molar refractivity (Wildman–Crippen MR) is 77.7 cm³/mol. The molecule has 0 N–H and O–H groups in total. The molecule has 1 saturated heterocycles. The van der Waals surface area contributed by atoms with Crippen LogP contribution in [0.5, 0.6) is 11.5 Å². The third kappa shape index (κ3) is 2.25. The van der Waals surface area contributed by atoms with Gasteiger partial charge in [0.15, 0.2) is 11.5 Å². The Morgan fingerprint density at radius 1 is 1.19 bits per heavy atom. The molecule has 1 aromatic carbocycles. The van der Waals surface area contributed by atoms with Crippen molar-refractivity contribution in [1.29, 1.82) is 0 Å². The van der Waals surface area contributed by atoms with Crippen LogP contribution >= 0.6 is 0 Å². The first-order valence-electron chi connectivity index (χ1n) is 7.28. The van der Waals surface area contributed by atoms with Crippen LogP contribution in [0.2, 0.25) is 0 Å². The van der Waals surface area contributed by atoms with Gasteiger partial charge in [0.2, 0.25) is 0 Å². The molecule has 3 rings (SSSR count). The molecule has 21 heavy (non-hydrogen) atoms. The van der Waals surface area contributed by atoms with Gasteiger partial charge in [-0.05, 0) is 49.1 Å². The third-order valence-corrected chi connectivity index (χ3v) is 4.59. The standard InChI is InChI=1S/C16H21NO4/c1-19-14-8-10-7-13(16(18)21-3)17-6-4-5-12(17)11(10)9-15(14)20-2/h8-9,12-13H,4-7H2,1-3H3/t12-,13+/m1/s1. The first-order valence-corrected chi connectivity index (χ1v) is 7.28. The number of hydrogen-bond donors (Lipinski definition) is 0. The van der Waals surface area contributed by atoms with Crippen LogP contribution in [0.1, 0.15) is 30.0 Å². The third-order valence-electron chi connectivity index (χ3n) is 4.59. The molecule has 0 aromatic heterocycles. The summed E-state index contributed by atoms with van der Waals surface area (Å²) in [6.45, 7) is 0.943. The summed E-state index contributed by atoms with van der Waals surface area (Å²) in [6.07, 6.45) is 2.83. The minimum Gasteiger partial charge on any atom is -0.493 e. The summed E-state index contributed by atoms with van der Waals surface area (Å²) in [7, 11) is 4.74. The van der Waals surface area contributed by atoms with Crippen molar-refractivity contribution in [1.82, 2.24) is 4.90 Å². The van der Waals surface area contributed by atoms with Crippen LogP contribution < -0.4 is 9.47 Å². The quantitative estimate of drug-likeness (QED) is 0.797. The van der Waals surface area contributed by atoms with Crippen molar-refractivity contribution in [3.63, 3.8) is 0 Å². The number of esters is 1. The monoisotopic (exact) mass is 291 g/mol. The van der Waals surface area contributed by atoms with E-state index in [1.807, 2.05) is 6.07 Å². The number of fused-ring (bicyclic) bond motifs is 3. The summed E-state index contributed by atoms with van der Waals surface area (Å²) in [5.74, 6) is 1.31. The number of carbonyl (C=O) groups is 1. The lowest BCUT2D eigenvalue weighted by Crippen LogP contribution is -2.46. The van der Waals surface area contributed by atoms with E-state index in [2.05, 4.69) is 11.0 Å². The minimum absolute atomic E-state index is 0.151. The second kappa shape index (κ2) is 5.56. The van der Waals surface area contributed by atoms with Gasteiger partial charge in [-0.15, -0.1) is 0 Å². The molecule has 114 valence electrons. The first-order chi connectivity index (χ1) is 10.2. The number of ether oxygens (including phenoxy) is 3. The van der Waals surface area contributed by atoms with Gasteiger partial charge in [0.25, 0.3) is 0 Å². The molecule has 2 aliphatic rings. The van der Waals surface area contributed by atoms with Gasteiger partial charge in [-0.2, -0.15) is 0 Å². The summed E-state index contributed by atoms with van der Waals surface area (Å²) in [5.41, 5.74) is 2.41. The van der Waals surface area contributed by atoms with Crippen LogP contribution in [0.4, 0.5) is 0 Å². The van der Waals surface area contributed by atoms with Crippen molar-refractivity contribution < 1.29 is 19.0 Å². The molecule has 0 unspecified atom stereocenters. The second-order valence-corrected chi connectivity index (χ2v) is 5.54. The Hall–Kier alpha value is -1.75. The Morgan fingerprint density at radius 3 is 2.57 bits per heavy atom. The number of nitrogens with zero attached hydrogens (tertiary/aromatic N) is 1. The fourth-order valence-corrected chi connectivity index (χ4v) is 3.60. The highest BCUT2D eigenvalue weighted by molar-refractivity contribution is 5.77. The Kier molecular flexibility index (Phi) is 3.76. The number of rotatable bonds is 3. The van der Waals surface area contributed by atoms with E-state index in [4.69, 9.17) is 14.2 Å². The molecule has 5 nitrogen and oxygen atoms in total. The van der Waals surface area contributed by atoms with Gasteiger partial charge in [-0.25, -0.2) is 0 Å². The van der Waals surface area contributed by atoms with E-state index >= 15 is 0 Å². The average molecular weight is 291 g/mol. The molecule has 5 heteroatoms. The van der Waals surface area contributed by atoms with E-state index < -0.39 is 0 Å². The molecule has 0 bridgehead atoms. The predicted octanol–water partition coefficient (Wildman–Crippen LogP) is 1.94. The molecule has 1 fully saturated rings.